The van der Waals surface area contributed by atoms with Gasteiger partial charge in [-0.2, -0.15) is 0 Å². The minimum atomic E-state index is 0.415. The normalized spacial score (nSPS) is 20.6. The zero-order valence-electron chi connectivity index (χ0n) is 12.2. The molecule has 1 aliphatic heterocycles. The third-order valence-electron chi connectivity index (χ3n) is 3.83. The quantitative estimate of drug-likeness (QED) is 0.849. The molecular formula is C16H26N2O. The van der Waals surface area contributed by atoms with Crippen LogP contribution >= 0.6 is 0 Å². The molecule has 0 spiro atoms. The molecule has 1 saturated heterocycles. The van der Waals surface area contributed by atoms with Crippen LogP contribution in [0.15, 0.2) is 24.3 Å². The zero-order valence-corrected chi connectivity index (χ0v) is 12.2. The Morgan fingerprint density at radius 1 is 1.32 bits per heavy atom. The molecule has 3 heteroatoms. The largest absolute Gasteiger partial charge is 0.376 e. The number of nitrogens with zero attached hydrogens (tertiary/aromatic N) is 1. The standard InChI is InChI=1S/C16H26N2O/c1-3-16-13-18(10-11-19-16)12-15-7-5-4-6-14(15)8-9-17-2/h4-7,16-17H,3,8-13H2,1-2H3. The van der Waals surface area contributed by atoms with Gasteiger partial charge in [-0.1, -0.05) is 31.2 Å². The van der Waals surface area contributed by atoms with E-state index in [1.165, 1.54) is 11.1 Å². The van der Waals surface area contributed by atoms with Crippen molar-refractivity contribution in [2.45, 2.75) is 32.4 Å². The van der Waals surface area contributed by atoms with Crippen molar-refractivity contribution in [3.8, 4) is 0 Å². The molecule has 0 bridgehead atoms. The average molecular weight is 262 g/mol. The van der Waals surface area contributed by atoms with Gasteiger partial charge in [0.25, 0.3) is 0 Å². The molecule has 0 aromatic heterocycles. The second-order valence-corrected chi connectivity index (χ2v) is 5.26. The Balaban J connectivity index is 1.97. The molecule has 3 nitrogen and oxygen atoms in total. The second kappa shape index (κ2) is 7.63. The number of nitrogens with one attached hydrogen (secondary N) is 1. The molecule has 1 heterocycles. The van der Waals surface area contributed by atoms with Crippen molar-refractivity contribution in [2.75, 3.05) is 33.3 Å². The summed E-state index contributed by atoms with van der Waals surface area (Å²) in [5.41, 5.74) is 2.94. The van der Waals surface area contributed by atoms with Gasteiger partial charge in [-0.05, 0) is 37.6 Å². The van der Waals surface area contributed by atoms with E-state index < -0.39 is 0 Å². The Morgan fingerprint density at radius 2 is 2.11 bits per heavy atom. The maximum atomic E-state index is 5.74. The first-order valence-corrected chi connectivity index (χ1v) is 7.38. The highest BCUT2D eigenvalue weighted by atomic mass is 16.5. The third-order valence-corrected chi connectivity index (χ3v) is 3.83. The minimum absolute atomic E-state index is 0.415. The van der Waals surface area contributed by atoms with Crippen molar-refractivity contribution in [1.82, 2.24) is 10.2 Å². The highest BCUT2D eigenvalue weighted by Gasteiger charge is 2.19. The fourth-order valence-corrected chi connectivity index (χ4v) is 2.63. The number of hydrogen-bond acceptors (Lipinski definition) is 3. The number of morpholine rings is 1. The van der Waals surface area contributed by atoms with Crippen molar-refractivity contribution < 1.29 is 4.74 Å². The summed E-state index contributed by atoms with van der Waals surface area (Å²) in [7, 11) is 2.01. The van der Waals surface area contributed by atoms with Crippen molar-refractivity contribution in [3.05, 3.63) is 35.4 Å². The predicted molar refractivity (Wildman–Crippen MR) is 79.4 cm³/mol. The summed E-state index contributed by atoms with van der Waals surface area (Å²) in [6.45, 7) is 7.29. The highest BCUT2D eigenvalue weighted by molar-refractivity contribution is 5.27. The summed E-state index contributed by atoms with van der Waals surface area (Å²) in [6, 6.07) is 8.81. The van der Waals surface area contributed by atoms with Crippen molar-refractivity contribution in [1.29, 1.82) is 0 Å². The van der Waals surface area contributed by atoms with Crippen LogP contribution in [0.1, 0.15) is 24.5 Å². The monoisotopic (exact) mass is 262 g/mol. The van der Waals surface area contributed by atoms with E-state index >= 15 is 0 Å². The highest BCUT2D eigenvalue weighted by Crippen LogP contribution is 2.15. The molecule has 0 radical (unpaired) electrons. The first-order valence-electron chi connectivity index (χ1n) is 7.38. The Kier molecular flexibility index (Phi) is 5.83. The molecule has 1 unspecified atom stereocenters. The Hall–Kier alpha value is -0.900. The Morgan fingerprint density at radius 3 is 2.84 bits per heavy atom. The van der Waals surface area contributed by atoms with Gasteiger partial charge in [0.15, 0.2) is 0 Å². The van der Waals surface area contributed by atoms with Crippen LogP contribution in [0.25, 0.3) is 0 Å². The van der Waals surface area contributed by atoms with Crippen LogP contribution in [0, 0.1) is 0 Å². The van der Waals surface area contributed by atoms with Crippen LogP contribution in [-0.2, 0) is 17.7 Å². The number of likely N-dealkylation sites (N-methyl/N-ethyl adjacent to an activating group) is 1. The molecule has 1 N–H and O–H groups in total. The lowest BCUT2D eigenvalue weighted by atomic mass is 10.0. The van der Waals surface area contributed by atoms with Gasteiger partial charge >= 0.3 is 0 Å². The lowest BCUT2D eigenvalue weighted by Crippen LogP contribution is -2.41. The van der Waals surface area contributed by atoms with E-state index in [1.807, 2.05) is 7.05 Å². The smallest absolute Gasteiger partial charge is 0.0700 e. The maximum Gasteiger partial charge on any atom is 0.0700 e. The molecule has 0 aliphatic carbocycles. The Labute approximate surface area is 116 Å². The van der Waals surface area contributed by atoms with Crippen molar-refractivity contribution >= 4 is 0 Å². The van der Waals surface area contributed by atoms with Gasteiger partial charge < -0.3 is 10.1 Å². The van der Waals surface area contributed by atoms with E-state index in [9.17, 15) is 0 Å². The van der Waals surface area contributed by atoms with Gasteiger partial charge in [0, 0.05) is 19.6 Å². The first kappa shape index (κ1) is 14.5. The van der Waals surface area contributed by atoms with Gasteiger partial charge in [-0.15, -0.1) is 0 Å². The van der Waals surface area contributed by atoms with Crippen LogP contribution in [0.3, 0.4) is 0 Å². The van der Waals surface area contributed by atoms with E-state index in [0.29, 0.717) is 6.10 Å². The van der Waals surface area contributed by atoms with E-state index in [0.717, 1.165) is 45.6 Å². The van der Waals surface area contributed by atoms with Crippen LogP contribution < -0.4 is 5.32 Å². The fraction of sp³-hybridized carbons (Fsp3) is 0.625. The van der Waals surface area contributed by atoms with Gasteiger partial charge in [0.05, 0.1) is 12.7 Å². The maximum absolute atomic E-state index is 5.74. The van der Waals surface area contributed by atoms with Crippen LogP contribution in [0.2, 0.25) is 0 Å². The second-order valence-electron chi connectivity index (χ2n) is 5.26. The summed E-state index contributed by atoms with van der Waals surface area (Å²) < 4.78 is 5.74. The first-order chi connectivity index (χ1) is 9.33. The molecule has 1 aliphatic rings. The molecule has 2 rings (SSSR count). The molecule has 1 aromatic carbocycles. The molecule has 1 fully saturated rings. The molecule has 19 heavy (non-hydrogen) atoms. The zero-order chi connectivity index (χ0) is 13.5. The fourth-order valence-electron chi connectivity index (χ4n) is 2.63. The molecule has 0 amide bonds. The van der Waals surface area contributed by atoms with Gasteiger partial charge in [0.2, 0.25) is 0 Å². The van der Waals surface area contributed by atoms with Gasteiger partial charge in [-0.3, -0.25) is 4.90 Å². The lowest BCUT2D eigenvalue weighted by Gasteiger charge is -2.32. The van der Waals surface area contributed by atoms with E-state index in [4.69, 9.17) is 4.74 Å². The molecule has 106 valence electrons. The lowest BCUT2D eigenvalue weighted by molar-refractivity contribution is -0.0325. The SMILES string of the molecule is CCC1CN(Cc2ccccc2CCNC)CCO1. The number of benzene rings is 1. The average Bonchev–Trinajstić information content (AvgIpc) is 2.46. The van der Waals surface area contributed by atoms with Gasteiger partial charge in [-0.25, -0.2) is 0 Å². The summed E-state index contributed by atoms with van der Waals surface area (Å²) in [6.07, 6.45) is 2.63. The number of rotatable bonds is 6. The van der Waals surface area contributed by atoms with Crippen molar-refractivity contribution in [3.63, 3.8) is 0 Å². The summed E-state index contributed by atoms with van der Waals surface area (Å²) in [5, 5.41) is 3.23. The van der Waals surface area contributed by atoms with E-state index in [2.05, 4.69) is 41.4 Å². The van der Waals surface area contributed by atoms with Crippen LogP contribution in [-0.4, -0.2) is 44.3 Å². The molecule has 0 saturated carbocycles. The Bertz CT molecular complexity index is 381. The van der Waals surface area contributed by atoms with E-state index in [1.54, 1.807) is 0 Å². The molecule has 1 atom stereocenters. The summed E-state index contributed by atoms with van der Waals surface area (Å²) in [5.74, 6) is 0. The summed E-state index contributed by atoms with van der Waals surface area (Å²) in [4.78, 5) is 2.52. The number of hydrogen-bond donors (Lipinski definition) is 1. The van der Waals surface area contributed by atoms with Crippen LogP contribution in [0.5, 0.6) is 0 Å². The minimum Gasteiger partial charge on any atom is -0.376 e. The third kappa shape index (κ3) is 4.30. The molecule has 1 aromatic rings. The summed E-state index contributed by atoms with van der Waals surface area (Å²) >= 11 is 0. The van der Waals surface area contributed by atoms with E-state index in [-0.39, 0.29) is 0 Å². The van der Waals surface area contributed by atoms with Gasteiger partial charge in [0.1, 0.15) is 0 Å². The van der Waals surface area contributed by atoms with Crippen molar-refractivity contribution in [2.24, 2.45) is 0 Å². The predicted octanol–water partition coefficient (Wildman–Crippen LogP) is 2.06. The van der Waals surface area contributed by atoms with Crippen LogP contribution in [0.4, 0.5) is 0 Å². The number of ether oxygens (including phenoxy) is 1. The topological polar surface area (TPSA) is 24.5 Å². The molecular weight excluding hydrogens is 236 g/mol.